The van der Waals surface area contributed by atoms with E-state index in [0.717, 1.165) is 16.5 Å². The number of methoxy groups -OCH3 is 2. The summed E-state index contributed by atoms with van der Waals surface area (Å²) < 4.78 is 10.3. The molecule has 0 saturated carbocycles. The van der Waals surface area contributed by atoms with Gasteiger partial charge in [-0.2, -0.15) is 5.10 Å². The molecule has 0 saturated heterocycles. The molecular weight excluding hydrogens is 346 g/mol. The van der Waals surface area contributed by atoms with Crippen LogP contribution in [0.3, 0.4) is 0 Å². The molecule has 0 radical (unpaired) electrons. The summed E-state index contributed by atoms with van der Waals surface area (Å²) in [5, 5.41) is 14.7. The van der Waals surface area contributed by atoms with Gasteiger partial charge in [-0.3, -0.25) is 5.43 Å². The Kier molecular flexibility index (Phi) is 5.21. The first kappa shape index (κ1) is 18.2. The van der Waals surface area contributed by atoms with Crippen molar-refractivity contribution in [2.45, 2.75) is 6.92 Å². The molecule has 0 aliphatic carbocycles. The zero-order valence-electron chi connectivity index (χ0n) is 15.2. The minimum atomic E-state index is -1.13. The highest BCUT2D eigenvalue weighted by molar-refractivity contribution is 6.02. The van der Waals surface area contributed by atoms with Crippen LogP contribution in [0.15, 0.2) is 47.6 Å². The number of carbonyl (C=O) groups is 1. The fourth-order valence-corrected chi connectivity index (χ4v) is 2.85. The van der Waals surface area contributed by atoms with Gasteiger partial charge in [0.1, 0.15) is 11.4 Å². The number of pyridine rings is 1. The Morgan fingerprint density at radius 3 is 2.67 bits per heavy atom. The number of nitrogens with one attached hydrogen (secondary N) is 1. The van der Waals surface area contributed by atoms with E-state index in [-0.39, 0.29) is 11.3 Å². The molecule has 7 heteroatoms. The van der Waals surface area contributed by atoms with Gasteiger partial charge in [0.2, 0.25) is 0 Å². The lowest BCUT2D eigenvalue weighted by atomic mass is 10.1. The van der Waals surface area contributed by atoms with Gasteiger partial charge in [-0.15, -0.1) is 0 Å². The number of carboxylic acids is 1. The number of para-hydroxylation sites is 1. The van der Waals surface area contributed by atoms with Gasteiger partial charge < -0.3 is 14.6 Å². The molecular formula is C20H19N3O4. The van der Waals surface area contributed by atoms with Crippen LogP contribution in [-0.4, -0.2) is 36.5 Å². The number of aromatic carboxylic acids is 1. The van der Waals surface area contributed by atoms with E-state index in [1.54, 1.807) is 12.1 Å². The predicted molar refractivity (Wildman–Crippen MR) is 104 cm³/mol. The Morgan fingerprint density at radius 1 is 1.19 bits per heavy atom. The lowest BCUT2D eigenvalue weighted by Crippen LogP contribution is -2.07. The fourth-order valence-electron chi connectivity index (χ4n) is 2.85. The molecule has 0 aliphatic rings. The minimum absolute atomic E-state index is 0.0231. The Morgan fingerprint density at radius 2 is 1.96 bits per heavy atom. The van der Waals surface area contributed by atoms with Gasteiger partial charge in [0, 0.05) is 10.9 Å². The number of nitrogens with zero attached hydrogens (tertiary/aromatic N) is 2. The summed E-state index contributed by atoms with van der Waals surface area (Å²) in [7, 11) is 2.85. The number of rotatable bonds is 6. The number of anilines is 1. The number of ether oxygens (including phenoxy) is 2. The number of fused-ring (bicyclic) bond motifs is 1. The third kappa shape index (κ3) is 3.67. The molecule has 0 fully saturated rings. The van der Waals surface area contributed by atoms with Crippen LogP contribution in [0.5, 0.6) is 11.5 Å². The third-order valence-electron chi connectivity index (χ3n) is 4.10. The Bertz CT molecular complexity index is 1030. The van der Waals surface area contributed by atoms with Crippen molar-refractivity contribution in [1.82, 2.24) is 4.98 Å². The Labute approximate surface area is 156 Å². The van der Waals surface area contributed by atoms with Gasteiger partial charge in [-0.05, 0) is 36.8 Å². The second kappa shape index (κ2) is 7.74. The van der Waals surface area contributed by atoms with Gasteiger partial charge >= 0.3 is 5.97 Å². The van der Waals surface area contributed by atoms with Crippen molar-refractivity contribution < 1.29 is 19.4 Å². The van der Waals surface area contributed by atoms with Crippen LogP contribution in [0, 0.1) is 6.92 Å². The zero-order valence-corrected chi connectivity index (χ0v) is 15.2. The van der Waals surface area contributed by atoms with E-state index < -0.39 is 5.97 Å². The predicted octanol–water partition coefficient (Wildman–Crippen LogP) is 3.70. The van der Waals surface area contributed by atoms with Crippen LogP contribution in [0.1, 0.15) is 21.5 Å². The average Bonchev–Trinajstić information content (AvgIpc) is 2.67. The largest absolute Gasteiger partial charge is 0.493 e. The summed E-state index contributed by atoms with van der Waals surface area (Å²) in [6, 6.07) is 12.9. The molecule has 3 rings (SSSR count). The maximum Gasteiger partial charge on any atom is 0.340 e. The molecule has 27 heavy (non-hydrogen) atoms. The van der Waals surface area contributed by atoms with Crippen LogP contribution < -0.4 is 14.9 Å². The van der Waals surface area contributed by atoms with Gasteiger partial charge in [0.15, 0.2) is 11.5 Å². The van der Waals surface area contributed by atoms with Crippen molar-refractivity contribution in [3.63, 3.8) is 0 Å². The van der Waals surface area contributed by atoms with Gasteiger partial charge in [0.25, 0.3) is 0 Å². The van der Waals surface area contributed by atoms with E-state index in [1.165, 1.54) is 20.4 Å². The second-order valence-corrected chi connectivity index (χ2v) is 5.78. The number of hydrogen-bond donors (Lipinski definition) is 2. The number of hydrogen-bond acceptors (Lipinski definition) is 6. The van der Waals surface area contributed by atoms with Crippen LogP contribution in [0.4, 0.5) is 5.82 Å². The minimum Gasteiger partial charge on any atom is -0.493 e. The van der Waals surface area contributed by atoms with E-state index in [0.29, 0.717) is 17.1 Å². The molecule has 3 aromatic rings. The molecule has 2 N–H and O–H groups in total. The molecule has 1 aromatic heterocycles. The van der Waals surface area contributed by atoms with Crippen LogP contribution >= 0.6 is 0 Å². The standard InChI is InChI=1S/C20H19N3O4/c1-12-10-17(22-15-7-5-4-6-14(12)15)23-21-11-13-8-9-16(26-2)19(27-3)18(13)20(24)25/h4-11H,1-3H3,(H,22,23)(H,24,25)/b21-11+. The zero-order chi connectivity index (χ0) is 19.4. The topological polar surface area (TPSA) is 93.0 Å². The molecule has 2 aromatic carbocycles. The SMILES string of the molecule is COc1ccc(/C=N/Nc2cc(C)c3ccccc3n2)c(C(=O)O)c1OC. The summed E-state index contributed by atoms with van der Waals surface area (Å²) >= 11 is 0. The van der Waals surface area contributed by atoms with Crippen molar-refractivity contribution in [3.05, 3.63) is 59.2 Å². The number of aromatic nitrogens is 1. The lowest BCUT2D eigenvalue weighted by Gasteiger charge is -2.12. The summed E-state index contributed by atoms with van der Waals surface area (Å²) in [6.07, 6.45) is 1.41. The highest BCUT2D eigenvalue weighted by atomic mass is 16.5. The van der Waals surface area contributed by atoms with E-state index in [9.17, 15) is 9.90 Å². The normalized spacial score (nSPS) is 10.9. The summed E-state index contributed by atoms with van der Waals surface area (Å²) in [5.41, 5.74) is 5.13. The van der Waals surface area contributed by atoms with E-state index in [2.05, 4.69) is 15.5 Å². The molecule has 0 atom stereocenters. The maximum absolute atomic E-state index is 11.7. The van der Waals surface area contributed by atoms with Crippen LogP contribution in [0.2, 0.25) is 0 Å². The van der Waals surface area contributed by atoms with Crippen molar-refractivity contribution in [3.8, 4) is 11.5 Å². The van der Waals surface area contributed by atoms with Crippen molar-refractivity contribution in [2.24, 2.45) is 5.10 Å². The van der Waals surface area contributed by atoms with Gasteiger partial charge in [-0.1, -0.05) is 18.2 Å². The molecule has 7 nitrogen and oxygen atoms in total. The highest BCUT2D eigenvalue weighted by Crippen LogP contribution is 2.33. The van der Waals surface area contributed by atoms with Gasteiger partial charge in [-0.25, -0.2) is 9.78 Å². The quantitative estimate of drug-likeness (QED) is 0.511. The highest BCUT2D eigenvalue weighted by Gasteiger charge is 2.20. The van der Waals surface area contributed by atoms with Crippen molar-refractivity contribution in [2.75, 3.05) is 19.6 Å². The average molecular weight is 365 g/mol. The number of aryl methyl sites for hydroxylation is 1. The molecule has 0 spiro atoms. The first-order valence-electron chi connectivity index (χ1n) is 8.19. The summed E-state index contributed by atoms with van der Waals surface area (Å²) in [6.45, 7) is 2.00. The first-order valence-corrected chi connectivity index (χ1v) is 8.19. The van der Waals surface area contributed by atoms with E-state index >= 15 is 0 Å². The smallest absolute Gasteiger partial charge is 0.340 e. The van der Waals surface area contributed by atoms with E-state index in [1.807, 2.05) is 37.3 Å². The monoisotopic (exact) mass is 365 g/mol. The Hall–Kier alpha value is -3.61. The summed E-state index contributed by atoms with van der Waals surface area (Å²) in [4.78, 5) is 16.2. The molecule has 0 unspecified atom stereocenters. The lowest BCUT2D eigenvalue weighted by molar-refractivity contribution is 0.0692. The van der Waals surface area contributed by atoms with Crippen LogP contribution in [-0.2, 0) is 0 Å². The number of benzene rings is 2. The molecule has 138 valence electrons. The molecule has 1 heterocycles. The van der Waals surface area contributed by atoms with Crippen LogP contribution in [0.25, 0.3) is 10.9 Å². The Balaban J connectivity index is 1.92. The van der Waals surface area contributed by atoms with Crippen molar-refractivity contribution >= 4 is 28.9 Å². The van der Waals surface area contributed by atoms with Gasteiger partial charge in [0.05, 0.1) is 26.0 Å². The van der Waals surface area contributed by atoms with E-state index in [4.69, 9.17) is 9.47 Å². The molecule has 0 aliphatic heterocycles. The molecule has 0 amide bonds. The van der Waals surface area contributed by atoms with Crippen molar-refractivity contribution in [1.29, 1.82) is 0 Å². The fraction of sp³-hybridized carbons (Fsp3) is 0.150. The summed E-state index contributed by atoms with van der Waals surface area (Å²) in [5.74, 6) is -0.0767. The number of carboxylic acid groups (broad SMARTS) is 1. The first-order chi connectivity index (χ1) is 13.0. The third-order valence-corrected chi connectivity index (χ3v) is 4.10. The molecule has 0 bridgehead atoms. The number of hydrazone groups is 1. The second-order valence-electron chi connectivity index (χ2n) is 5.78. The maximum atomic E-state index is 11.7.